The van der Waals surface area contributed by atoms with E-state index in [-0.39, 0.29) is 0 Å². The van der Waals surface area contributed by atoms with Crippen LogP contribution in [0.5, 0.6) is 17.2 Å². The first-order valence-electron chi connectivity index (χ1n) is 7.88. The quantitative estimate of drug-likeness (QED) is 0.403. The zero-order valence-corrected chi connectivity index (χ0v) is 14.6. The summed E-state index contributed by atoms with van der Waals surface area (Å²) in [5.41, 5.74) is 1.22. The van der Waals surface area contributed by atoms with Crippen molar-refractivity contribution in [3.8, 4) is 17.2 Å². The van der Waals surface area contributed by atoms with E-state index in [4.69, 9.17) is 9.47 Å². The summed E-state index contributed by atoms with van der Waals surface area (Å²) in [5, 5.41) is 1.03. The molecule has 0 aliphatic heterocycles. The lowest BCUT2D eigenvalue weighted by Gasteiger charge is -2.13. The molecule has 22 heavy (non-hydrogen) atoms. The molecular formula is C19H23BrO2. The maximum atomic E-state index is 5.92. The Balaban J connectivity index is 2.05. The molecule has 0 atom stereocenters. The third kappa shape index (κ3) is 5.38. The molecule has 0 unspecified atom stereocenters. The van der Waals surface area contributed by atoms with Crippen molar-refractivity contribution in [2.45, 2.75) is 32.6 Å². The van der Waals surface area contributed by atoms with Crippen molar-refractivity contribution in [3.63, 3.8) is 0 Å². The van der Waals surface area contributed by atoms with Crippen LogP contribution in [0, 0.1) is 0 Å². The molecular weight excluding hydrogens is 340 g/mol. The van der Waals surface area contributed by atoms with Gasteiger partial charge in [0, 0.05) is 5.33 Å². The average molecular weight is 363 g/mol. The van der Waals surface area contributed by atoms with Gasteiger partial charge >= 0.3 is 0 Å². The van der Waals surface area contributed by atoms with Crippen LogP contribution in [-0.4, -0.2) is 11.9 Å². The molecule has 2 rings (SSSR count). The smallest absolute Gasteiger partial charge is 0.127 e. The fraction of sp³-hybridized carbons (Fsp3) is 0.368. The van der Waals surface area contributed by atoms with Crippen molar-refractivity contribution < 1.29 is 9.47 Å². The number of halogens is 1. The van der Waals surface area contributed by atoms with Gasteiger partial charge in [0.2, 0.25) is 0 Å². The number of benzene rings is 2. The van der Waals surface area contributed by atoms with Gasteiger partial charge in [-0.1, -0.05) is 47.5 Å². The second-order valence-electron chi connectivity index (χ2n) is 5.18. The van der Waals surface area contributed by atoms with Crippen LogP contribution >= 0.6 is 15.9 Å². The van der Waals surface area contributed by atoms with Crippen LogP contribution < -0.4 is 9.47 Å². The number of rotatable bonds is 9. The Hall–Kier alpha value is -1.48. The van der Waals surface area contributed by atoms with Crippen molar-refractivity contribution in [1.82, 2.24) is 0 Å². The van der Waals surface area contributed by atoms with E-state index in [1.165, 1.54) is 5.56 Å². The van der Waals surface area contributed by atoms with E-state index in [9.17, 15) is 0 Å². The molecule has 2 aromatic carbocycles. The van der Waals surface area contributed by atoms with Crippen LogP contribution in [-0.2, 0) is 6.42 Å². The molecule has 0 amide bonds. The summed E-state index contributed by atoms with van der Waals surface area (Å²) in [6, 6.07) is 16.0. The van der Waals surface area contributed by atoms with E-state index in [0.29, 0.717) is 0 Å². The maximum absolute atomic E-state index is 5.92. The minimum absolute atomic E-state index is 0.765. The van der Waals surface area contributed by atoms with Crippen LogP contribution in [0.4, 0.5) is 0 Å². The highest BCUT2D eigenvalue weighted by molar-refractivity contribution is 9.09. The van der Waals surface area contributed by atoms with Gasteiger partial charge in [-0.15, -0.1) is 0 Å². The molecule has 2 nitrogen and oxygen atoms in total. The standard InChI is InChI=1S/C19H23BrO2/c1-2-8-16-15-18(22-17-9-4-3-5-10-17)11-12-19(16)21-14-7-6-13-20/h3-5,9-12,15H,2,6-8,13-14H2,1H3. The van der Waals surface area contributed by atoms with Gasteiger partial charge in [-0.05, 0) is 55.2 Å². The number of aryl methyl sites for hydroxylation is 1. The maximum Gasteiger partial charge on any atom is 0.127 e. The Morgan fingerprint density at radius 3 is 2.50 bits per heavy atom. The fourth-order valence-electron chi connectivity index (χ4n) is 2.23. The number of para-hydroxylation sites is 1. The van der Waals surface area contributed by atoms with Crippen LogP contribution in [0.2, 0.25) is 0 Å². The average Bonchev–Trinajstić information content (AvgIpc) is 2.54. The van der Waals surface area contributed by atoms with Gasteiger partial charge in [-0.3, -0.25) is 0 Å². The molecule has 0 heterocycles. The van der Waals surface area contributed by atoms with E-state index in [0.717, 1.165) is 54.9 Å². The second-order valence-corrected chi connectivity index (χ2v) is 5.97. The molecule has 0 N–H and O–H groups in total. The topological polar surface area (TPSA) is 18.5 Å². The van der Waals surface area contributed by atoms with Crippen LogP contribution in [0.25, 0.3) is 0 Å². The molecule has 0 saturated heterocycles. The van der Waals surface area contributed by atoms with E-state index < -0.39 is 0 Å². The third-order valence-corrected chi connectivity index (χ3v) is 3.88. The first-order valence-corrected chi connectivity index (χ1v) is 9.00. The minimum atomic E-state index is 0.765. The second kappa shape index (κ2) is 9.52. The van der Waals surface area contributed by atoms with Gasteiger partial charge in [0.15, 0.2) is 0 Å². The van der Waals surface area contributed by atoms with Crippen LogP contribution in [0.15, 0.2) is 48.5 Å². The van der Waals surface area contributed by atoms with Gasteiger partial charge in [-0.25, -0.2) is 0 Å². The molecule has 0 radical (unpaired) electrons. The summed E-state index contributed by atoms with van der Waals surface area (Å²) in [7, 11) is 0. The number of hydrogen-bond donors (Lipinski definition) is 0. The first-order chi connectivity index (χ1) is 10.8. The summed E-state index contributed by atoms with van der Waals surface area (Å²) >= 11 is 3.44. The Kier molecular flexibility index (Phi) is 7.31. The zero-order chi connectivity index (χ0) is 15.6. The molecule has 0 bridgehead atoms. The van der Waals surface area contributed by atoms with Crippen molar-refractivity contribution in [3.05, 3.63) is 54.1 Å². The molecule has 0 aliphatic rings. The molecule has 118 valence electrons. The lowest BCUT2D eigenvalue weighted by atomic mass is 10.1. The first kappa shape index (κ1) is 16.9. The summed E-state index contributed by atoms with van der Waals surface area (Å²) in [5.74, 6) is 2.70. The molecule has 0 saturated carbocycles. The number of alkyl halides is 1. The fourth-order valence-corrected chi connectivity index (χ4v) is 2.62. The molecule has 3 heteroatoms. The predicted octanol–water partition coefficient (Wildman–Crippen LogP) is 5.99. The Morgan fingerprint density at radius 1 is 0.955 bits per heavy atom. The molecule has 2 aromatic rings. The largest absolute Gasteiger partial charge is 0.493 e. The van der Waals surface area contributed by atoms with Crippen molar-refractivity contribution in [2.75, 3.05) is 11.9 Å². The van der Waals surface area contributed by atoms with E-state index in [1.54, 1.807) is 0 Å². The normalized spacial score (nSPS) is 10.5. The molecule has 0 fully saturated rings. The van der Waals surface area contributed by atoms with Gasteiger partial charge < -0.3 is 9.47 Å². The number of hydrogen-bond acceptors (Lipinski definition) is 2. The number of ether oxygens (including phenoxy) is 2. The Morgan fingerprint density at radius 2 is 1.77 bits per heavy atom. The zero-order valence-electron chi connectivity index (χ0n) is 13.1. The Bertz CT molecular complexity index is 555. The summed E-state index contributed by atoms with van der Waals surface area (Å²) in [6.45, 7) is 2.94. The van der Waals surface area contributed by atoms with Gasteiger partial charge in [-0.2, -0.15) is 0 Å². The van der Waals surface area contributed by atoms with Gasteiger partial charge in [0.25, 0.3) is 0 Å². The van der Waals surface area contributed by atoms with E-state index >= 15 is 0 Å². The van der Waals surface area contributed by atoms with Gasteiger partial charge in [0.1, 0.15) is 17.2 Å². The lowest BCUT2D eigenvalue weighted by Crippen LogP contribution is -2.01. The van der Waals surface area contributed by atoms with Crippen molar-refractivity contribution >= 4 is 15.9 Å². The van der Waals surface area contributed by atoms with Crippen molar-refractivity contribution in [1.29, 1.82) is 0 Å². The lowest BCUT2D eigenvalue weighted by molar-refractivity contribution is 0.306. The summed E-state index contributed by atoms with van der Waals surface area (Å²) < 4.78 is 11.8. The highest BCUT2D eigenvalue weighted by atomic mass is 79.9. The Labute approximate surface area is 141 Å². The van der Waals surface area contributed by atoms with E-state index in [1.807, 2.05) is 42.5 Å². The van der Waals surface area contributed by atoms with E-state index in [2.05, 4.69) is 28.9 Å². The molecule has 0 aliphatic carbocycles. The monoisotopic (exact) mass is 362 g/mol. The highest BCUT2D eigenvalue weighted by Crippen LogP contribution is 2.29. The van der Waals surface area contributed by atoms with Crippen LogP contribution in [0.1, 0.15) is 31.7 Å². The highest BCUT2D eigenvalue weighted by Gasteiger charge is 2.06. The summed E-state index contributed by atoms with van der Waals surface area (Å²) in [6.07, 6.45) is 4.30. The number of unbranched alkanes of at least 4 members (excludes halogenated alkanes) is 1. The van der Waals surface area contributed by atoms with Crippen LogP contribution in [0.3, 0.4) is 0 Å². The molecule has 0 spiro atoms. The van der Waals surface area contributed by atoms with Crippen molar-refractivity contribution in [2.24, 2.45) is 0 Å². The third-order valence-electron chi connectivity index (χ3n) is 3.32. The predicted molar refractivity (Wildman–Crippen MR) is 95.5 cm³/mol. The molecule has 0 aromatic heterocycles. The minimum Gasteiger partial charge on any atom is -0.493 e. The van der Waals surface area contributed by atoms with Gasteiger partial charge in [0.05, 0.1) is 6.61 Å². The summed E-state index contributed by atoms with van der Waals surface area (Å²) in [4.78, 5) is 0. The SMILES string of the molecule is CCCc1cc(Oc2ccccc2)ccc1OCCCCBr.